The molecule has 0 aliphatic rings. The van der Waals surface area contributed by atoms with E-state index in [9.17, 15) is 19.5 Å². The molecule has 320 valence electrons. The summed E-state index contributed by atoms with van der Waals surface area (Å²) in [5.41, 5.74) is 0. The predicted octanol–water partition coefficient (Wildman–Crippen LogP) is 12.2. The zero-order valence-electron chi connectivity index (χ0n) is 36.4. The third kappa shape index (κ3) is 36.9. The Hall–Kier alpha value is -2.45. The SMILES string of the molecule is CCCCC/C=C/C/C=C/CCCCCCCCCC(=O)OCC(COCCC(C(=O)O)[N+](C)(C)C)OC(=O)CCCCC/C=C/CCCCCCCCC. The van der Waals surface area contributed by atoms with Gasteiger partial charge in [0.15, 0.2) is 12.1 Å². The summed E-state index contributed by atoms with van der Waals surface area (Å²) in [5, 5.41) is 9.62. The van der Waals surface area contributed by atoms with Gasteiger partial charge in [-0.3, -0.25) is 9.59 Å². The summed E-state index contributed by atoms with van der Waals surface area (Å²) in [6, 6.07) is -0.617. The molecule has 0 bridgehead atoms. The van der Waals surface area contributed by atoms with Crippen LogP contribution in [0.3, 0.4) is 0 Å². The van der Waals surface area contributed by atoms with Gasteiger partial charge in [-0.15, -0.1) is 0 Å². The minimum Gasteiger partial charge on any atom is -0.477 e. The molecule has 0 aromatic rings. The average molecular weight is 777 g/mol. The van der Waals surface area contributed by atoms with Gasteiger partial charge in [-0.25, -0.2) is 4.79 Å². The number of nitrogens with zero attached hydrogens (tertiary/aromatic N) is 1. The van der Waals surface area contributed by atoms with Gasteiger partial charge in [0, 0.05) is 19.3 Å². The number of hydrogen-bond donors (Lipinski definition) is 1. The van der Waals surface area contributed by atoms with Crippen LogP contribution in [-0.4, -0.2) is 80.6 Å². The van der Waals surface area contributed by atoms with Crippen LogP contribution in [0.25, 0.3) is 0 Å². The fourth-order valence-corrected chi connectivity index (χ4v) is 6.47. The minimum absolute atomic E-state index is 0.0536. The van der Waals surface area contributed by atoms with Crippen molar-refractivity contribution in [1.29, 1.82) is 0 Å². The summed E-state index contributed by atoms with van der Waals surface area (Å²) < 4.78 is 17.3. The van der Waals surface area contributed by atoms with Crippen molar-refractivity contribution in [3.8, 4) is 0 Å². The summed E-state index contributed by atoms with van der Waals surface area (Å²) >= 11 is 0. The second-order valence-electron chi connectivity index (χ2n) is 16.3. The van der Waals surface area contributed by atoms with Gasteiger partial charge in [0.1, 0.15) is 6.61 Å². The summed E-state index contributed by atoms with van der Waals surface area (Å²) in [5.74, 6) is -1.49. The molecule has 0 heterocycles. The normalized spacial score (nSPS) is 13.3. The van der Waals surface area contributed by atoms with E-state index in [4.69, 9.17) is 14.2 Å². The van der Waals surface area contributed by atoms with Gasteiger partial charge < -0.3 is 23.8 Å². The number of carbonyl (C=O) groups excluding carboxylic acids is 2. The Morgan fingerprint density at radius 2 is 0.964 bits per heavy atom. The first-order valence-electron chi connectivity index (χ1n) is 22.5. The highest BCUT2D eigenvalue weighted by molar-refractivity contribution is 5.72. The Morgan fingerprint density at radius 1 is 0.545 bits per heavy atom. The molecule has 0 saturated heterocycles. The van der Waals surface area contributed by atoms with Gasteiger partial charge in [0.05, 0.1) is 34.4 Å². The van der Waals surface area contributed by atoms with Crippen molar-refractivity contribution >= 4 is 17.9 Å². The molecule has 8 heteroatoms. The van der Waals surface area contributed by atoms with Crippen LogP contribution < -0.4 is 0 Å². The zero-order chi connectivity index (χ0) is 40.7. The molecule has 0 aliphatic carbocycles. The van der Waals surface area contributed by atoms with Gasteiger partial charge >= 0.3 is 17.9 Å². The summed E-state index contributed by atoms with van der Waals surface area (Å²) in [7, 11) is 5.52. The Morgan fingerprint density at radius 3 is 1.47 bits per heavy atom. The van der Waals surface area contributed by atoms with Crippen LogP contribution in [0.4, 0.5) is 0 Å². The summed E-state index contributed by atoms with van der Waals surface area (Å²) in [6.07, 6.45) is 43.2. The van der Waals surface area contributed by atoms with Crippen molar-refractivity contribution < 1.29 is 38.2 Å². The molecule has 0 amide bonds. The van der Waals surface area contributed by atoms with Gasteiger partial charge in [-0.05, 0) is 70.6 Å². The fourth-order valence-electron chi connectivity index (χ4n) is 6.47. The maximum Gasteiger partial charge on any atom is 0.362 e. The van der Waals surface area contributed by atoms with Crippen LogP contribution in [-0.2, 0) is 28.6 Å². The second kappa shape index (κ2) is 38.4. The molecule has 0 aliphatic heterocycles. The van der Waals surface area contributed by atoms with Gasteiger partial charge in [-0.2, -0.15) is 0 Å². The van der Waals surface area contributed by atoms with Crippen molar-refractivity contribution in [2.75, 3.05) is 41.0 Å². The first-order valence-corrected chi connectivity index (χ1v) is 22.5. The predicted molar refractivity (Wildman–Crippen MR) is 229 cm³/mol. The fraction of sp³-hybridized carbons (Fsp3) is 0.809. The highest BCUT2D eigenvalue weighted by Gasteiger charge is 2.31. The average Bonchev–Trinajstić information content (AvgIpc) is 3.14. The maximum atomic E-state index is 12.7. The largest absolute Gasteiger partial charge is 0.477 e. The zero-order valence-corrected chi connectivity index (χ0v) is 36.4. The highest BCUT2D eigenvalue weighted by Crippen LogP contribution is 2.14. The quantitative estimate of drug-likeness (QED) is 0.0286. The number of aliphatic carboxylic acids is 1. The number of carboxylic acids is 1. The lowest BCUT2D eigenvalue weighted by Crippen LogP contribution is -2.50. The van der Waals surface area contributed by atoms with Gasteiger partial charge in [0.25, 0.3) is 0 Å². The van der Waals surface area contributed by atoms with Crippen LogP contribution >= 0.6 is 0 Å². The molecule has 0 rings (SSSR count). The van der Waals surface area contributed by atoms with Crippen molar-refractivity contribution in [3.63, 3.8) is 0 Å². The first kappa shape index (κ1) is 52.6. The number of hydrogen-bond acceptors (Lipinski definition) is 6. The minimum atomic E-state index is -0.878. The first-order chi connectivity index (χ1) is 26.6. The molecular formula is C47H86NO7+. The molecule has 0 aromatic carbocycles. The molecule has 2 unspecified atom stereocenters. The number of unbranched alkanes of at least 4 members (excludes halogenated alkanes) is 20. The number of allylic oxidation sites excluding steroid dienone is 6. The van der Waals surface area contributed by atoms with E-state index in [-0.39, 0.29) is 36.2 Å². The van der Waals surface area contributed by atoms with Crippen molar-refractivity contribution in [2.45, 2.75) is 206 Å². The molecular weight excluding hydrogens is 691 g/mol. The van der Waals surface area contributed by atoms with E-state index in [1.807, 2.05) is 21.1 Å². The van der Waals surface area contributed by atoms with Crippen LogP contribution in [0.1, 0.15) is 194 Å². The molecule has 0 spiro atoms. The van der Waals surface area contributed by atoms with E-state index in [2.05, 4.69) is 50.3 Å². The molecule has 0 fully saturated rings. The van der Waals surface area contributed by atoms with Crippen molar-refractivity contribution in [3.05, 3.63) is 36.5 Å². The third-order valence-electron chi connectivity index (χ3n) is 10.0. The standard InChI is InChI=1S/C47H85NO7/c1-6-8-10-12-14-16-18-20-22-23-24-26-27-29-31-33-35-37-45(49)54-42-43(41-53-40-39-44(47(51)52)48(3,4)5)55-46(50)38-36-34-32-30-28-25-21-19-17-15-13-11-9-7-2/h14,16,20,22,25,28,43-44H,6-13,15,17-19,21,23-24,26-27,29-42H2,1-5H3/p+1/b16-14+,22-20+,28-25+. The number of esters is 2. The van der Waals surface area contributed by atoms with Crippen LogP contribution in [0, 0.1) is 0 Å². The van der Waals surface area contributed by atoms with E-state index in [0.29, 0.717) is 19.3 Å². The van der Waals surface area contributed by atoms with E-state index in [1.165, 1.54) is 96.3 Å². The molecule has 8 nitrogen and oxygen atoms in total. The number of ether oxygens (including phenoxy) is 3. The number of rotatable bonds is 40. The number of carbonyl (C=O) groups is 3. The Labute approximate surface area is 338 Å². The number of likely N-dealkylation sites (N-methyl/N-ethyl adjacent to an activating group) is 1. The lowest BCUT2D eigenvalue weighted by molar-refractivity contribution is -0.887. The third-order valence-corrected chi connectivity index (χ3v) is 10.0. The Kier molecular flexibility index (Phi) is 36.7. The van der Waals surface area contributed by atoms with Crippen LogP contribution in [0.2, 0.25) is 0 Å². The van der Waals surface area contributed by atoms with Gasteiger partial charge in [-0.1, -0.05) is 140 Å². The molecule has 0 saturated carbocycles. The molecule has 2 atom stereocenters. The lowest BCUT2D eigenvalue weighted by Gasteiger charge is -2.31. The van der Waals surface area contributed by atoms with E-state index in [0.717, 1.165) is 64.2 Å². The van der Waals surface area contributed by atoms with E-state index < -0.39 is 18.1 Å². The van der Waals surface area contributed by atoms with Crippen LogP contribution in [0.5, 0.6) is 0 Å². The summed E-state index contributed by atoms with van der Waals surface area (Å²) in [6.45, 7) is 4.69. The highest BCUT2D eigenvalue weighted by atomic mass is 16.6. The molecule has 1 N–H and O–H groups in total. The Bertz CT molecular complexity index is 1000. The number of carboxylic acid groups (broad SMARTS) is 1. The maximum absolute atomic E-state index is 12.7. The Balaban J connectivity index is 4.36. The topological polar surface area (TPSA) is 99.1 Å². The van der Waals surface area contributed by atoms with Gasteiger partial charge in [0.2, 0.25) is 0 Å². The second-order valence-corrected chi connectivity index (χ2v) is 16.3. The lowest BCUT2D eigenvalue weighted by atomic mass is 10.1. The monoisotopic (exact) mass is 777 g/mol. The van der Waals surface area contributed by atoms with Crippen molar-refractivity contribution in [2.24, 2.45) is 0 Å². The van der Waals surface area contributed by atoms with E-state index >= 15 is 0 Å². The molecule has 0 aromatic heterocycles. The van der Waals surface area contributed by atoms with E-state index in [1.54, 1.807) is 0 Å². The molecule has 55 heavy (non-hydrogen) atoms. The smallest absolute Gasteiger partial charge is 0.362 e. The van der Waals surface area contributed by atoms with Crippen molar-refractivity contribution in [1.82, 2.24) is 0 Å². The van der Waals surface area contributed by atoms with Crippen LogP contribution in [0.15, 0.2) is 36.5 Å². The number of quaternary nitrogens is 1. The molecule has 0 radical (unpaired) electrons. The summed E-state index contributed by atoms with van der Waals surface area (Å²) in [4.78, 5) is 37.0.